The van der Waals surface area contributed by atoms with Crippen LogP contribution in [0.4, 0.5) is 5.82 Å². The van der Waals surface area contributed by atoms with E-state index in [1.807, 2.05) is 17.0 Å². The summed E-state index contributed by atoms with van der Waals surface area (Å²) in [7, 11) is 1.66. The van der Waals surface area contributed by atoms with Crippen molar-refractivity contribution in [3.8, 4) is 5.75 Å². The number of nitrogens with two attached hydrogens (primary N) is 1. The van der Waals surface area contributed by atoms with E-state index in [1.165, 1.54) is 19.3 Å². The molecule has 1 saturated carbocycles. The van der Waals surface area contributed by atoms with E-state index >= 15 is 0 Å². The van der Waals surface area contributed by atoms with Gasteiger partial charge in [-0.1, -0.05) is 19.3 Å². The summed E-state index contributed by atoms with van der Waals surface area (Å²) in [5.41, 5.74) is 6.08. The lowest BCUT2D eigenvalue weighted by Gasteiger charge is -2.40. The number of carbonyl (C=O) groups excluding carboxylic acids is 1. The smallest absolute Gasteiger partial charge is 0.223 e. The van der Waals surface area contributed by atoms with Crippen LogP contribution in [0.1, 0.15) is 38.5 Å². The van der Waals surface area contributed by atoms with Crippen LogP contribution < -0.4 is 15.4 Å². The third kappa shape index (κ3) is 4.24. The molecule has 0 unspecified atom stereocenters. The highest BCUT2D eigenvalue weighted by Crippen LogP contribution is 2.38. The Kier molecular flexibility index (Phi) is 5.78. The van der Waals surface area contributed by atoms with E-state index in [0.29, 0.717) is 13.0 Å². The third-order valence-corrected chi connectivity index (χ3v) is 5.78. The molecule has 1 aliphatic heterocycles. The van der Waals surface area contributed by atoms with E-state index in [0.717, 1.165) is 50.6 Å². The highest BCUT2D eigenvalue weighted by molar-refractivity contribution is 5.77. The van der Waals surface area contributed by atoms with Gasteiger partial charge in [0.1, 0.15) is 11.6 Å². The topological polar surface area (TPSA) is 71.7 Å². The number of ether oxygens (including phenoxy) is 1. The van der Waals surface area contributed by atoms with Gasteiger partial charge in [0.2, 0.25) is 5.91 Å². The summed E-state index contributed by atoms with van der Waals surface area (Å²) in [5.74, 6) is 1.99. The van der Waals surface area contributed by atoms with Crippen LogP contribution in [-0.2, 0) is 4.79 Å². The molecule has 2 aliphatic rings. The van der Waals surface area contributed by atoms with E-state index in [1.54, 1.807) is 13.3 Å². The SMILES string of the molecule is COc1ccnc(N2CCN(C(=O)CC3(CN)CCCCC3)CC2)c1. The fraction of sp³-hybridized carbons (Fsp3) is 0.684. The molecular formula is C19H30N4O2. The molecule has 1 aromatic heterocycles. The molecule has 0 radical (unpaired) electrons. The summed E-state index contributed by atoms with van der Waals surface area (Å²) >= 11 is 0. The average molecular weight is 346 g/mol. The molecule has 0 spiro atoms. The molecule has 1 aliphatic carbocycles. The molecule has 0 atom stereocenters. The van der Waals surface area contributed by atoms with Crippen LogP contribution in [0.3, 0.4) is 0 Å². The zero-order valence-electron chi connectivity index (χ0n) is 15.2. The van der Waals surface area contributed by atoms with Crippen molar-refractivity contribution in [2.45, 2.75) is 38.5 Å². The number of rotatable bonds is 5. The fourth-order valence-electron chi connectivity index (χ4n) is 4.07. The van der Waals surface area contributed by atoms with E-state index in [-0.39, 0.29) is 11.3 Å². The lowest BCUT2D eigenvalue weighted by Crippen LogP contribution is -2.50. The van der Waals surface area contributed by atoms with Gasteiger partial charge in [0.05, 0.1) is 7.11 Å². The largest absolute Gasteiger partial charge is 0.497 e. The Morgan fingerprint density at radius 1 is 1.24 bits per heavy atom. The molecule has 0 aromatic carbocycles. The number of aromatic nitrogens is 1. The van der Waals surface area contributed by atoms with Gasteiger partial charge in [-0.3, -0.25) is 4.79 Å². The number of amides is 1. The first kappa shape index (κ1) is 18.0. The van der Waals surface area contributed by atoms with Gasteiger partial charge < -0.3 is 20.3 Å². The summed E-state index contributed by atoms with van der Waals surface area (Å²) in [6, 6.07) is 3.79. The second kappa shape index (κ2) is 8.04. The van der Waals surface area contributed by atoms with E-state index in [4.69, 9.17) is 10.5 Å². The van der Waals surface area contributed by atoms with E-state index < -0.39 is 0 Å². The van der Waals surface area contributed by atoms with Crippen LogP contribution in [0, 0.1) is 5.41 Å². The Balaban J connectivity index is 1.55. The lowest BCUT2D eigenvalue weighted by molar-refractivity contribution is -0.134. The molecular weight excluding hydrogens is 316 g/mol. The molecule has 3 rings (SSSR count). The first-order chi connectivity index (χ1) is 12.2. The molecule has 6 heteroatoms. The molecule has 1 amide bonds. The lowest BCUT2D eigenvalue weighted by atomic mass is 9.71. The normalized spacial score (nSPS) is 20.4. The zero-order valence-corrected chi connectivity index (χ0v) is 15.2. The number of hydrogen-bond donors (Lipinski definition) is 1. The van der Waals surface area contributed by atoms with Crippen molar-refractivity contribution in [3.05, 3.63) is 18.3 Å². The van der Waals surface area contributed by atoms with E-state index in [2.05, 4.69) is 9.88 Å². The maximum Gasteiger partial charge on any atom is 0.223 e. The number of nitrogens with zero attached hydrogens (tertiary/aromatic N) is 3. The van der Waals surface area contributed by atoms with Gasteiger partial charge in [0.15, 0.2) is 0 Å². The molecule has 1 saturated heterocycles. The van der Waals surface area contributed by atoms with Gasteiger partial charge in [-0.05, 0) is 30.9 Å². The number of pyridine rings is 1. The minimum atomic E-state index is 0.0425. The van der Waals surface area contributed by atoms with Crippen LogP contribution >= 0.6 is 0 Å². The van der Waals surface area contributed by atoms with Crippen molar-refractivity contribution in [2.75, 3.05) is 44.7 Å². The number of methoxy groups -OCH3 is 1. The summed E-state index contributed by atoms with van der Waals surface area (Å²) < 4.78 is 5.27. The fourth-order valence-corrected chi connectivity index (χ4v) is 4.07. The summed E-state index contributed by atoms with van der Waals surface area (Å²) in [4.78, 5) is 21.4. The number of anilines is 1. The maximum absolute atomic E-state index is 12.8. The van der Waals surface area contributed by atoms with Crippen molar-refractivity contribution in [2.24, 2.45) is 11.1 Å². The monoisotopic (exact) mass is 346 g/mol. The molecule has 2 N–H and O–H groups in total. The van der Waals surface area contributed by atoms with Crippen molar-refractivity contribution in [1.29, 1.82) is 0 Å². The van der Waals surface area contributed by atoms with Gasteiger partial charge in [-0.25, -0.2) is 4.98 Å². The van der Waals surface area contributed by atoms with Crippen molar-refractivity contribution in [3.63, 3.8) is 0 Å². The highest BCUT2D eigenvalue weighted by atomic mass is 16.5. The number of carbonyl (C=O) groups is 1. The average Bonchev–Trinajstić information content (AvgIpc) is 2.69. The molecule has 138 valence electrons. The molecule has 25 heavy (non-hydrogen) atoms. The van der Waals surface area contributed by atoms with Crippen molar-refractivity contribution >= 4 is 11.7 Å². The van der Waals surface area contributed by atoms with Crippen LogP contribution in [-0.4, -0.2) is 55.6 Å². The Morgan fingerprint density at radius 2 is 1.96 bits per heavy atom. The van der Waals surface area contributed by atoms with Gasteiger partial charge >= 0.3 is 0 Å². The Hall–Kier alpha value is -1.82. The van der Waals surface area contributed by atoms with Gasteiger partial charge in [-0.2, -0.15) is 0 Å². The molecule has 2 heterocycles. The molecule has 2 fully saturated rings. The summed E-state index contributed by atoms with van der Waals surface area (Å²) in [6.07, 6.45) is 8.27. The molecule has 1 aromatic rings. The first-order valence-corrected chi connectivity index (χ1v) is 9.39. The van der Waals surface area contributed by atoms with Crippen molar-refractivity contribution < 1.29 is 9.53 Å². The number of piperazine rings is 1. The molecule has 6 nitrogen and oxygen atoms in total. The van der Waals surface area contributed by atoms with Crippen LogP contribution in [0.25, 0.3) is 0 Å². The van der Waals surface area contributed by atoms with Gasteiger partial charge in [-0.15, -0.1) is 0 Å². The standard InChI is InChI=1S/C19H30N4O2/c1-25-16-5-8-21-17(13-16)22-9-11-23(12-10-22)18(24)14-19(15-20)6-3-2-4-7-19/h5,8,13H,2-4,6-7,9-12,14-15,20H2,1H3. The van der Waals surface area contributed by atoms with Crippen LogP contribution in [0.5, 0.6) is 5.75 Å². The minimum absolute atomic E-state index is 0.0425. The zero-order chi connectivity index (χ0) is 17.7. The van der Waals surface area contributed by atoms with Gasteiger partial charge in [0, 0.05) is 44.9 Å². The van der Waals surface area contributed by atoms with E-state index in [9.17, 15) is 4.79 Å². The summed E-state index contributed by atoms with van der Waals surface area (Å²) in [6.45, 7) is 3.74. The maximum atomic E-state index is 12.8. The third-order valence-electron chi connectivity index (χ3n) is 5.78. The van der Waals surface area contributed by atoms with Gasteiger partial charge in [0.25, 0.3) is 0 Å². The van der Waals surface area contributed by atoms with Crippen molar-refractivity contribution in [1.82, 2.24) is 9.88 Å². The van der Waals surface area contributed by atoms with Crippen LogP contribution in [0.2, 0.25) is 0 Å². The number of hydrogen-bond acceptors (Lipinski definition) is 5. The Morgan fingerprint density at radius 3 is 2.60 bits per heavy atom. The Bertz CT molecular complexity index is 579. The predicted molar refractivity (Wildman–Crippen MR) is 98.8 cm³/mol. The summed E-state index contributed by atoms with van der Waals surface area (Å²) in [5, 5.41) is 0. The first-order valence-electron chi connectivity index (χ1n) is 9.39. The van der Waals surface area contributed by atoms with Crippen LogP contribution in [0.15, 0.2) is 18.3 Å². The second-order valence-electron chi connectivity index (χ2n) is 7.36. The predicted octanol–water partition coefficient (Wildman–Crippen LogP) is 2.04. The Labute approximate surface area is 150 Å². The minimum Gasteiger partial charge on any atom is -0.497 e. The second-order valence-corrected chi connectivity index (χ2v) is 7.36. The quantitative estimate of drug-likeness (QED) is 0.883. The molecule has 0 bridgehead atoms. The highest BCUT2D eigenvalue weighted by Gasteiger charge is 2.35.